The number of carbonyl (C=O) groups is 1. The summed E-state index contributed by atoms with van der Waals surface area (Å²) in [5.41, 5.74) is 5.78. The van der Waals surface area contributed by atoms with Crippen molar-refractivity contribution in [3.8, 4) is 0 Å². The Morgan fingerprint density at radius 3 is 2.81 bits per heavy atom. The van der Waals surface area contributed by atoms with Crippen molar-refractivity contribution in [2.45, 2.75) is 19.9 Å². The van der Waals surface area contributed by atoms with Crippen LogP contribution < -0.4 is 10.6 Å². The van der Waals surface area contributed by atoms with E-state index in [2.05, 4.69) is 43.8 Å². The second-order valence-corrected chi connectivity index (χ2v) is 8.56. The number of nitrogens with one attached hydrogen (secondary N) is 3. The summed E-state index contributed by atoms with van der Waals surface area (Å²) in [7, 11) is 0. The SMILES string of the molecule is Cc1cc2cc(Nc3ccnc4cc(C(=O)NC(C)c5ccccn5)sc34)ccc2[nH]1. The smallest absolute Gasteiger partial charge is 0.261 e. The van der Waals surface area contributed by atoms with Gasteiger partial charge in [0.2, 0.25) is 0 Å². The van der Waals surface area contributed by atoms with E-state index in [1.807, 2.05) is 50.2 Å². The molecule has 0 saturated heterocycles. The number of carbonyl (C=O) groups excluding carboxylic acids is 1. The van der Waals surface area contributed by atoms with Crippen LogP contribution in [0.2, 0.25) is 0 Å². The lowest BCUT2D eigenvalue weighted by atomic mass is 10.2. The van der Waals surface area contributed by atoms with Crippen molar-refractivity contribution in [3.05, 3.63) is 83.3 Å². The third-order valence-corrected chi connectivity index (χ3v) is 6.31. The minimum atomic E-state index is -0.180. The first-order valence-electron chi connectivity index (χ1n) is 10.0. The zero-order valence-electron chi connectivity index (χ0n) is 17.1. The third-order valence-electron chi connectivity index (χ3n) is 5.15. The van der Waals surface area contributed by atoms with Gasteiger partial charge in [0.05, 0.1) is 32.5 Å². The molecule has 5 aromatic rings. The van der Waals surface area contributed by atoms with Crippen molar-refractivity contribution in [2.75, 3.05) is 5.32 Å². The number of anilines is 2. The Kier molecular flexibility index (Phi) is 4.88. The van der Waals surface area contributed by atoms with Crippen LogP contribution in [0, 0.1) is 6.92 Å². The number of aryl methyl sites for hydroxylation is 1. The number of thiophene rings is 1. The van der Waals surface area contributed by atoms with E-state index in [1.54, 1.807) is 12.4 Å². The molecular formula is C24H21N5OS. The molecule has 4 heterocycles. The molecule has 7 heteroatoms. The molecule has 0 aliphatic heterocycles. The Labute approximate surface area is 183 Å². The van der Waals surface area contributed by atoms with E-state index >= 15 is 0 Å². The van der Waals surface area contributed by atoms with Gasteiger partial charge >= 0.3 is 0 Å². The van der Waals surface area contributed by atoms with Crippen molar-refractivity contribution in [1.82, 2.24) is 20.3 Å². The minimum absolute atomic E-state index is 0.128. The average molecular weight is 428 g/mol. The Morgan fingerprint density at radius 2 is 1.97 bits per heavy atom. The summed E-state index contributed by atoms with van der Waals surface area (Å²) >= 11 is 1.43. The molecule has 0 fully saturated rings. The molecule has 6 nitrogen and oxygen atoms in total. The van der Waals surface area contributed by atoms with Gasteiger partial charge in [-0.1, -0.05) is 6.07 Å². The summed E-state index contributed by atoms with van der Waals surface area (Å²) in [4.78, 5) is 25.6. The topological polar surface area (TPSA) is 82.7 Å². The Morgan fingerprint density at radius 1 is 1.06 bits per heavy atom. The van der Waals surface area contributed by atoms with Gasteiger partial charge in [0.15, 0.2) is 0 Å². The average Bonchev–Trinajstić information content (AvgIpc) is 3.37. The van der Waals surface area contributed by atoms with Gasteiger partial charge in [-0.3, -0.25) is 14.8 Å². The third kappa shape index (κ3) is 3.87. The second-order valence-electron chi connectivity index (χ2n) is 7.51. The van der Waals surface area contributed by atoms with Crippen molar-refractivity contribution in [1.29, 1.82) is 0 Å². The molecule has 4 aromatic heterocycles. The van der Waals surface area contributed by atoms with Gasteiger partial charge in [-0.25, -0.2) is 0 Å². The summed E-state index contributed by atoms with van der Waals surface area (Å²) < 4.78 is 0.948. The largest absolute Gasteiger partial charge is 0.359 e. The number of benzene rings is 1. The number of nitrogens with zero attached hydrogens (tertiary/aromatic N) is 2. The van der Waals surface area contributed by atoms with E-state index < -0.39 is 0 Å². The molecule has 5 rings (SSSR count). The van der Waals surface area contributed by atoms with Gasteiger partial charge in [0.1, 0.15) is 0 Å². The van der Waals surface area contributed by atoms with Crippen molar-refractivity contribution < 1.29 is 4.79 Å². The van der Waals surface area contributed by atoms with Crippen LogP contribution in [0.3, 0.4) is 0 Å². The fourth-order valence-corrected chi connectivity index (χ4v) is 4.62. The molecule has 0 saturated carbocycles. The first-order valence-corrected chi connectivity index (χ1v) is 10.9. The highest BCUT2D eigenvalue weighted by atomic mass is 32.1. The minimum Gasteiger partial charge on any atom is -0.359 e. The van der Waals surface area contributed by atoms with Gasteiger partial charge in [-0.2, -0.15) is 0 Å². The number of amides is 1. The van der Waals surface area contributed by atoms with Crippen LogP contribution in [0.5, 0.6) is 0 Å². The molecule has 0 aliphatic rings. The Balaban J connectivity index is 1.41. The van der Waals surface area contributed by atoms with E-state index in [-0.39, 0.29) is 11.9 Å². The van der Waals surface area contributed by atoms with Crippen molar-refractivity contribution >= 4 is 49.7 Å². The summed E-state index contributed by atoms with van der Waals surface area (Å²) in [6.07, 6.45) is 3.49. The zero-order valence-corrected chi connectivity index (χ0v) is 18.0. The number of aromatic amines is 1. The molecule has 1 amide bonds. The number of H-pyrrole nitrogens is 1. The summed E-state index contributed by atoms with van der Waals surface area (Å²) in [5, 5.41) is 7.66. The van der Waals surface area contributed by atoms with E-state index in [1.165, 1.54) is 11.3 Å². The number of rotatable bonds is 5. The van der Waals surface area contributed by atoms with E-state index in [4.69, 9.17) is 0 Å². The van der Waals surface area contributed by atoms with Gasteiger partial charge < -0.3 is 15.6 Å². The van der Waals surface area contributed by atoms with E-state index in [9.17, 15) is 4.79 Å². The van der Waals surface area contributed by atoms with Crippen molar-refractivity contribution in [3.63, 3.8) is 0 Å². The molecule has 0 spiro atoms. The van der Waals surface area contributed by atoms with Crippen LogP contribution in [0.4, 0.5) is 11.4 Å². The Hall–Kier alpha value is -3.71. The quantitative estimate of drug-likeness (QED) is 0.335. The summed E-state index contributed by atoms with van der Waals surface area (Å²) in [5.74, 6) is -0.128. The van der Waals surface area contributed by atoms with Crippen molar-refractivity contribution in [2.24, 2.45) is 0 Å². The monoisotopic (exact) mass is 427 g/mol. The molecule has 0 bridgehead atoms. The highest BCUT2D eigenvalue weighted by Gasteiger charge is 2.17. The first kappa shape index (κ1) is 19.3. The fourth-order valence-electron chi connectivity index (χ4n) is 3.63. The van der Waals surface area contributed by atoms with Crippen LogP contribution in [0.25, 0.3) is 21.1 Å². The maximum Gasteiger partial charge on any atom is 0.261 e. The number of hydrogen-bond donors (Lipinski definition) is 3. The molecule has 1 unspecified atom stereocenters. The summed E-state index contributed by atoms with van der Waals surface area (Å²) in [6, 6.07) is 17.6. The molecule has 1 atom stereocenters. The van der Waals surface area contributed by atoms with Gasteiger partial charge in [-0.15, -0.1) is 11.3 Å². The number of fused-ring (bicyclic) bond motifs is 2. The lowest BCUT2D eigenvalue weighted by Gasteiger charge is -2.12. The van der Waals surface area contributed by atoms with Crippen LogP contribution in [-0.2, 0) is 0 Å². The zero-order chi connectivity index (χ0) is 21.4. The number of pyridine rings is 2. The van der Waals surface area contributed by atoms with Gasteiger partial charge in [-0.05, 0) is 62.4 Å². The molecule has 0 aliphatic carbocycles. The van der Waals surface area contributed by atoms with Crippen LogP contribution >= 0.6 is 11.3 Å². The van der Waals surface area contributed by atoms with Crippen LogP contribution in [-0.4, -0.2) is 20.9 Å². The highest BCUT2D eigenvalue weighted by molar-refractivity contribution is 7.21. The second kappa shape index (κ2) is 7.85. The summed E-state index contributed by atoms with van der Waals surface area (Å²) in [6.45, 7) is 3.98. The van der Waals surface area contributed by atoms with E-state index in [0.717, 1.165) is 43.9 Å². The predicted octanol–water partition coefficient (Wildman–Crippen LogP) is 5.72. The fraction of sp³-hybridized carbons (Fsp3) is 0.125. The molecule has 3 N–H and O–H groups in total. The molecule has 1 aromatic carbocycles. The normalized spacial score (nSPS) is 12.2. The maximum absolute atomic E-state index is 12.8. The molecule has 31 heavy (non-hydrogen) atoms. The first-order chi connectivity index (χ1) is 15.1. The Bertz CT molecular complexity index is 1390. The molecule has 154 valence electrons. The number of hydrogen-bond acceptors (Lipinski definition) is 5. The van der Waals surface area contributed by atoms with Crippen LogP contribution in [0.1, 0.15) is 34.0 Å². The predicted molar refractivity (Wildman–Crippen MR) is 126 cm³/mol. The van der Waals surface area contributed by atoms with Gasteiger partial charge in [0, 0.05) is 34.7 Å². The standard InChI is InChI=1S/C24H21N5OS/c1-14-11-16-12-17(6-7-19(16)27-14)29-20-8-10-26-21-13-22(31-23(20)21)24(30)28-15(2)18-5-3-4-9-25-18/h3-13,15,27H,1-2H3,(H,26,29)(H,28,30). The lowest BCUT2D eigenvalue weighted by Crippen LogP contribution is -2.26. The van der Waals surface area contributed by atoms with E-state index in [0.29, 0.717) is 4.88 Å². The number of aromatic nitrogens is 3. The molecular weight excluding hydrogens is 406 g/mol. The van der Waals surface area contributed by atoms with Crippen LogP contribution in [0.15, 0.2) is 67.0 Å². The van der Waals surface area contributed by atoms with Gasteiger partial charge in [0.25, 0.3) is 5.91 Å². The lowest BCUT2D eigenvalue weighted by molar-refractivity contribution is 0.0943. The molecule has 0 radical (unpaired) electrons. The highest BCUT2D eigenvalue weighted by Crippen LogP contribution is 2.33. The maximum atomic E-state index is 12.8.